The lowest BCUT2D eigenvalue weighted by molar-refractivity contribution is -0.116. The summed E-state index contributed by atoms with van der Waals surface area (Å²) in [6, 6.07) is 0. The molecule has 1 unspecified atom stereocenters. The van der Waals surface area contributed by atoms with Gasteiger partial charge < -0.3 is 9.53 Å². The van der Waals surface area contributed by atoms with E-state index >= 15 is 0 Å². The fourth-order valence-corrected chi connectivity index (χ4v) is 2.42. The van der Waals surface area contributed by atoms with Crippen LogP contribution in [0.4, 0.5) is 0 Å². The molecule has 1 aliphatic carbocycles. The Bertz CT molecular complexity index is 270. The molecule has 0 fully saturated rings. The van der Waals surface area contributed by atoms with Crippen molar-refractivity contribution in [1.82, 2.24) is 0 Å². The van der Waals surface area contributed by atoms with Crippen molar-refractivity contribution in [3.05, 3.63) is 11.8 Å². The lowest BCUT2D eigenvalue weighted by Gasteiger charge is -2.28. The highest BCUT2D eigenvalue weighted by atomic mass is 16.5. The maximum Gasteiger partial charge on any atom is 0.126 e. The Labute approximate surface area is 112 Å². The van der Waals surface area contributed by atoms with Crippen molar-refractivity contribution in [2.75, 3.05) is 6.61 Å². The van der Waals surface area contributed by atoms with E-state index < -0.39 is 0 Å². The SMILES string of the molecule is CCCCCCCCOC1=CCCC(C)(C=O)C1. The minimum Gasteiger partial charge on any atom is -0.498 e. The second-order valence-corrected chi connectivity index (χ2v) is 5.77. The Morgan fingerprint density at radius 3 is 2.72 bits per heavy atom. The molecule has 18 heavy (non-hydrogen) atoms. The summed E-state index contributed by atoms with van der Waals surface area (Å²) in [6.45, 7) is 5.08. The highest BCUT2D eigenvalue weighted by Gasteiger charge is 2.28. The van der Waals surface area contributed by atoms with Gasteiger partial charge in [-0.1, -0.05) is 46.0 Å². The molecule has 0 heterocycles. The van der Waals surface area contributed by atoms with Crippen LogP contribution in [-0.2, 0) is 9.53 Å². The van der Waals surface area contributed by atoms with Crippen molar-refractivity contribution in [2.45, 2.75) is 71.6 Å². The van der Waals surface area contributed by atoms with Crippen molar-refractivity contribution >= 4 is 6.29 Å². The monoisotopic (exact) mass is 252 g/mol. The topological polar surface area (TPSA) is 26.3 Å². The van der Waals surface area contributed by atoms with Crippen LogP contribution in [-0.4, -0.2) is 12.9 Å². The minimum absolute atomic E-state index is 0.189. The molecule has 0 aromatic rings. The zero-order valence-electron chi connectivity index (χ0n) is 12.0. The third-order valence-corrected chi connectivity index (χ3v) is 3.74. The van der Waals surface area contributed by atoms with Gasteiger partial charge in [0.15, 0.2) is 0 Å². The molecule has 104 valence electrons. The number of carbonyl (C=O) groups is 1. The Kier molecular flexibility index (Phi) is 7.07. The summed E-state index contributed by atoms with van der Waals surface area (Å²) in [5, 5.41) is 0. The van der Waals surface area contributed by atoms with Gasteiger partial charge in [-0.2, -0.15) is 0 Å². The van der Waals surface area contributed by atoms with E-state index in [1.165, 1.54) is 32.1 Å². The molecule has 0 amide bonds. The number of carbonyl (C=O) groups excluding carboxylic acids is 1. The molecular formula is C16H28O2. The van der Waals surface area contributed by atoms with E-state index in [0.29, 0.717) is 0 Å². The first-order valence-corrected chi connectivity index (χ1v) is 7.48. The fraction of sp³-hybridized carbons (Fsp3) is 0.812. The third kappa shape index (κ3) is 5.70. The van der Waals surface area contributed by atoms with Gasteiger partial charge in [0.2, 0.25) is 0 Å². The van der Waals surface area contributed by atoms with E-state index in [1.54, 1.807) is 0 Å². The van der Waals surface area contributed by atoms with Crippen molar-refractivity contribution < 1.29 is 9.53 Å². The zero-order chi connectivity index (χ0) is 13.3. The molecule has 1 atom stereocenters. The molecule has 2 nitrogen and oxygen atoms in total. The first-order chi connectivity index (χ1) is 8.70. The molecule has 0 saturated carbocycles. The van der Waals surface area contributed by atoms with Gasteiger partial charge in [-0.05, 0) is 25.3 Å². The van der Waals surface area contributed by atoms with Gasteiger partial charge in [-0.15, -0.1) is 0 Å². The van der Waals surface area contributed by atoms with Gasteiger partial charge in [0.25, 0.3) is 0 Å². The van der Waals surface area contributed by atoms with Gasteiger partial charge in [0.1, 0.15) is 6.29 Å². The summed E-state index contributed by atoms with van der Waals surface area (Å²) >= 11 is 0. The predicted octanol–water partition coefficient (Wildman–Crippen LogP) is 4.64. The van der Waals surface area contributed by atoms with Crippen LogP contribution in [0.5, 0.6) is 0 Å². The second kappa shape index (κ2) is 8.34. The zero-order valence-corrected chi connectivity index (χ0v) is 12.0. The van der Waals surface area contributed by atoms with E-state index in [2.05, 4.69) is 13.0 Å². The van der Waals surface area contributed by atoms with E-state index in [0.717, 1.165) is 44.3 Å². The van der Waals surface area contributed by atoms with Crippen molar-refractivity contribution in [1.29, 1.82) is 0 Å². The smallest absolute Gasteiger partial charge is 0.126 e. The molecule has 0 saturated heterocycles. The van der Waals surface area contributed by atoms with Gasteiger partial charge in [-0.25, -0.2) is 0 Å². The Morgan fingerprint density at radius 1 is 1.28 bits per heavy atom. The van der Waals surface area contributed by atoms with Gasteiger partial charge in [0.05, 0.1) is 12.4 Å². The first-order valence-electron chi connectivity index (χ1n) is 7.48. The molecule has 0 N–H and O–H groups in total. The molecule has 0 aliphatic heterocycles. The van der Waals surface area contributed by atoms with Gasteiger partial charge in [0, 0.05) is 11.8 Å². The van der Waals surface area contributed by atoms with Crippen molar-refractivity contribution in [2.24, 2.45) is 5.41 Å². The molecule has 0 aromatic carbocycles. The van der Waals surface area contributed by atoms with Crippen LogP contribution in [0.3, 0.4) is 0 Å². The van der Waals surface area contributed by atoms with E-state index in [9.17, 15) is 4.79 Å². The molecule has 0 radical (unpaired) electrons. The largest absolute Gasteiger partial charge is 0.498 e. The quantitative estimate of drug-likeness (QED) is 0.441. The molecular weight excluding hydrogens is 224 g/mol. The van der Waals surface area contributed by atoms with Gasteiger partial charge >= 0.3 is 0 Å². The lowest BCUT2D eigenvalue weighted by Crippen LogP contribution is -2.22. The third-order valence-electron chi connectivity index (χ3n) is 3.74. The fourth-order valence-electron chi connectivity index (χ4n) is 2.42. The average Bonchev–Trinajstić information content (AvgIpc) is 2.38. The normalized spacial score (nSPS) is 23.6. The first kappa shape index (κ1) is 15.3. The number of hydrogen-bond donors (Lipinski definition) is 0. The number of aldehydes is 1. The molecule has 0 spiro atoms. The van der Waals surface area contributed by atoms with Crippen LogP contribution in [0.15, 0.2) is 11.8 Å². The summed E-state index contributed by atoms with van der Waals surface area (Å²) < 4.78 is 5.79. The van der Waals surface area contributed by atoms with Crippen LogP contribution < -0.4 is 0 Å². The van der Waals surface area contributed by atoms with E-state index in [-0.39, 0.29) is 5.41 Å². The predicted molar refractivity (Wildman–Crippen MR) is 75.4 cm³/mol. The second-order valence-electron chi connectivity index (χ2n) is 5.77. The van der Waals surface area contributed by atoms with Crippen LogP contribution in [0.25, 0.3) is 0 Å². The molecule has 0 aromatic heterocycles. The van der Waals surface area contributed by atoms with E-state index in [4.69, 9.17) is 4.74 Å². The summed E-state index contributed by atoms with van der Waals surface area (Å²) in [7, 11) is 0. The maximum atomic E-state index is 11.0. The van der Waals surface area contributed by atoms with Crippen LogP contribution in [0.1, 0.15) is 71.6 Å². The number of unbranched alkanes of at least 4 members (excludes halogenated alkanes) is 5. The highest BCUT2D eigenvalue weighted by molar-refractivity contribution is 5.59. The highest BCUT2D eigenvalue weighted by Crippen LogP contribution is 2.34. The Balaban J connectivity index is 2.09. The summed E-state index contributed by atoms with van der Waals surface area (Å²) in [4.78, 5) is 11.0. The number of rotatable bonds is 9. The standard InChI is InChI=1S/C16H28O2/c1-3-4-5-6-7-8-12-18-15-10-9-11-16(2,13-15)14-17/h10,14H,3-9,11-13H2,1-2H3. The summed E-state index contributed by atoms with van der Waals surface area (Å²) in [5.41, 5.74) is -0.189. The van der Waals surface area contributed by atoms with Crippen molar-refractivity contribution in [3.63, 3.8) is 0 Å². The molecule has 0 bridgehead atoms. The van der Waals surface area contributed by atoms with Crippen LogP contribution in [0.2, 0.25) is 0 Å². The van der Waals surface area contributed by atoms with Crippen molar-refractivity contribution in [3.8, 4) is 0 Å². The van der Waals surface area contributed by atoms with Crippen LogP contribution >= 0.6 is 0 Å². The number of allylic oxidation sites excluding steroid dienone is 2. The minimum atomic E-state index is -0.189. The Hall–Kier alpha value is -0.790. The maximum absolute atomic E-state index is 11.0. The summed E-state index contributed by atoms with van der Waals surface area (Å²) in [6.07, 6.45) is 13.7. The number of ether oxygens (including phenoxy) is 1. The molecule has 1 rings (SSSR count). The molecule has 1 aliphatic rings. The van der Waals surface area contributed by atoms with Crippen LogP contribution in [0, 0.1) is 5.41 Å². The number of hydrogen-bond acceptors (Lipinski definition) is 2. The van der Waals surface area contributed by atoms with Gasteiger partial charge in [-0.3, -0.25) is 0 Å². The lowest BCUT2D eigenvalue weighted by atomic mass is 9.79. The Morgan fingerprint density at radius 2 is 2.00 bits per heavy atom. The molecule has 2 heteroatoms. The van der Waals surface area contributed by atoms with E-state index in [1.807, 2.05) is 6.92 Å². The summed E-state index contributed by atoms with van der Waals surface area (Å²) in [5.74, 6) is 1.03. The average molecular weight is 252 g/mol.